The molecule has 0 bridgehead atoms. The largest absolute Gasteiger partial charge is 0.494 e. The van der Waals surface area contributed by atoms with Crippen LogP contribution in [0.15, 0.2) is 40.9 Å². The fourth-order valence-corrected chi connectivity index (χ4v) is 5.84. The predicted molar refractivity (Wildman–Crippen MR) is 135 cm³/mol. The van der Waals surface area contributed by atoms with Crippen LogP contribution in [0.5, 0.6) is 5.75 Å². The van der Waals surface area contributed by atoms with E-state index in [9.17, 15) is 18.0 Å². The monoisotopic (exact) mass is 524 g/mol. The molecule has 3 heterocycles. The van der Waals surface area contributed by atoms with Crippen LogP contribution < -0.4 is 9.64 Å². The topological polar surface area (TPSA) is 73.4 Å². The highest BCUT2D eigenvalue weighted by molar-refractivity contribution is 5.95. The highest BCUT2D eigenvalue weighted by Gasteiger charge is 2.48. The number of carbonyl (C=O) groups excluding carboxylic acids is 1. The molecule has 1 aliphatic carbocycles. The molecular weight excluding hydrogens is 497 g/mol. The van der Waals surface area contributed by atoms with E-state index in [1.165, 1.54) is 19.2 Å². The normalized spacial score (nSPS) is 19.7. The summed E-state index contributed by atoms with van der Waals surface area (Å²) in [4.78, 5) is 19.7. The highest BCUT2D eigenvalue weighted by Crippen LogP contribution is 2.49. The number of anilines is 1. The molecule has 6 rings (SSSR count). The van der Waals surface area contributed by atoms with Gasteiger partial charge in [-0.05, 0) is 56.5 Å². The summed E-state index contributed by atoms with van der Waals surface area (Å²) in [6, 6.07) is 9.10. The number of benzene rings is 2. The number of hydrogen-bond acceptors (Lipinski definition) is 5. The number of alkyl halides is 2. The predicted octanol–water partition coefficient (Wildman–Crippen LogP) is 6.68. The summed E-state index contributed by atoms with van der Waals surface area (Å²) < 4.78 is 55.0. The zero-order valence-electron chi connectivity index (χ0n) is 21.3. The first-order valence-electron chi connectivity index (χ1n) is 12.7. The summed E-state index contributed by atoms with van der Waals surface area (Å²) >= 11 is 0. The minimum absolute atomic E-state index is 0.0746. The number of carbonyl (C=O) groups is 1. The second-order valence-electron chi connectivity index (χ2n) is 10.2. The van der Waals surface area contributed by atoms with Crippen LogP contribution in [-0.2, 0) is 4.79 Å². The average Bonchev–Trinajstić information content (AvgIpc) is 3.40. The number of methoxy groups -OCH3 is 1. The maximum absolute atomic E-state index is 14.7. The Kier molecular flexibility index (Phi) is 5.73. The van der Waals surface area contributed by atoms with Gasteiger partial charge in [-0.25, -0.2) is 18.2 Å². The van der Waals surface area contributed by atoms with E-state index < -0.39 is 23.8 Å². The van der Waals surface area contributed by atoms with Crippen molar-refractivity contribution < 1.29 is 27.2 Å². The van der Waals surface area contributed by atoms with Crippen LogP contribution in [0, 0.1) is 19.7 Å². The molecule has 38 heavy (non-hydrogen) atoms. The van der Waals surface area contributed by atoms with Crippen LogP contribution in [0.2, 0.25) is 0 Å². The molecule has 1 amide bonds. The smallest absolute Gasteiger partial charge is 0.252 e. The van der Waals surface area contributed by atoms with E-state index in [0.29, 0.717) is 42.1 Å². The standard InChI is InChI=1S/C28H27F3N4O3/c1-15-26(16(2)38-33-15)17-7-9-22-21(11-17)32-27(35(22)19-13-28(30,31)14-19)23-5-4-6-25(36)34(23)18-8-10-24(37-3)20(29)12-18/h7-12,19,23H,4-6,13-14H2,1-3H3. The summed E-state index contributed by atoms with van der Waals surface area (Å²) in [5.74, 6) is -2.22. The molecule has 10 heteroatoms. The van der Waals surface area contributed by atoms with Crippen molar-refractivity contribution >= 4 is 22.6 Å². The van der Waals surface area contributed by atoms with Crippen LogP contribution in [0.3, 0.4) is 0 Å². The molecule has 1 aliphatic heterocycles. The number of hydrogen-bond donors (Lipinski definition) is 0. The third-order valence-electron chi connectivity index (χ3n) is 7.63. The number of rotatable bonds is 5. The Morgan fingerprint density at radius 3 is 2.58 bits per heavy atom. The SMILES string of the molecule is COc1ccc(N2C(=O)CCCC2c2nc3cc(-c4c(C)noc4C)ccc3n2C2CC(F)(F)C2)cc1F. The quantitative estimate of drug-likeness (QED) is 0.291. The Labute approximate surface area is 217 Å². The number of ether oxygens (including phenoxy) is 1. The number of nitrogens with zero attached hydrogens (tertiary/aromatic N) is 4. The Bertz CT molecular complexity index is 1530. The average molecular weight is 525 g/mol. The molecule has 0 radical (unpaired) electrons. The van der Waals surface area contributed by atoms with Crippen molar-refractivity contribution in [3.8, 4) is 16.9 Å². The number of aryl methyl sites for hydroxylation is 2. The van der Waals surface area contributed by atoms with E-state index in [-0.39, 0.29) is 24.5 Å². The lowest BCUT2D eigenvalue weighted by Gasteiger charge is -2.40. The summed E-state index contributed by atoms with van der Waals surface area (Å²) in [6.07, 6.45) is 0.904. The van der Waals surface area contributed by atoms with Crippen molar-refractivity contribution in [2.24, 2.45) is 0 Å². The molecule has 7 nitrogen and oxygen atoms in total. The molecule has 2 aromatic carbocycles. The lowest BCUT2D eigenvalue weighted by molar-refractivity contribution is -0.120. The molecule has 1 saturated heterocycles. The number of amides is 1. The van der Waals surface area contributed by atoms with Gasteiger partial charge in [-0.1, -0.05) is 11.2 Å². The van der Waals surface area contributed by atoms with Crippen LogP contribution in [0.4, 0.5) is 18.9 Å². The van der Waals surface area contributed by atoms with Crippen molar-refractivity contribution in [3.63, 3.8) is 0 Å². The van der Waals surface area contributed by atoms with Crippen molar-refractivity contribution in [1.29, 1.82) is 0 Å². The lowest BCUT2D eigenvalue weighted by atomic mass is 9.87. The second kappa shape index (κ2) is 8.89. The molecule has 1 saturated carbocycles. The van der Waals surface area contributed by atoms with Crippen LogP contribution in [-0.4, -0.2) is 33.6 Å². The maximum Gasteiger partial charge on any atom is 0.252 e. The van der Waals surface area contributed by atoms with E-state index >= 15 is 0 Å². The first-order valence-corrected chi connectivity index (χ1v) is 12.7. The fourth-order valence-electron chi connectivity index (χ4n) is 5.84. The van der Waals surface area contributed by atoms with E-state index in [4.69, 9.17) is 14.2 Å². The highest BCUT2D eigenvalue weighted by atomic mass is 19.3. The van der Waals surface area contributed by atoms with Gasteiger partial charge in [0.1, 0.15) is 11.6 Å². The van der Waals surface area contributed by atoms with Gasteiger partial charge >= 0.3 is 0 Å². The number of imidazole rings is 1. The van der Waals surface area contributed by atoms with Crippen molar-refractivity contribution in [3.05, 3.63) is 59.5 Å². The van der Waals surface area contributed by atoms with Crippen molar-refractivity contribution in [2.75, 3.05) is 12.0 Å². The second-order valence-corrected chi connectivity index (χ2v) is 10.2. The molecule has 198 valence electrons. The number of aromatic nitrogens is 3. The van der Waals surface area contributed by atoms with Gasteiger partial charge in [0.2, 0.25) is 5.91 Å². The fraction of sp³-hybridized carbons (Fsp3) is 0.393. The summed E-state index contributed by atoms with van der Waals surface area (Å²) in [7, 11) is 1.38. The zero-order chi connectivity index (χ0) is 26.8. The summed E-state index contributed by atoms with van der Waals surface area (Å²) in [6.45, 7) is 3.69. The first-order chi connectivity index (χ1) is 18.2. The van der Waals surface area contributed by atoms with E-state index in [1.54, 1.807) is 11.0 Å². The molecule has 2 aromatic heterocycles. The van der Waals surface area contributed by atoms with Crippen molar-refractivity contribution in [2.45, 2.75) is 64.0 Å². The Morgan fingerprint density at radius 1 is 1.13 bits per heavy atom. The molecule has 0 spiro atoms. The Balaban J connectivity index is 1.50. The number of fused-ring (bicyclic) bond motifs is 1. The molecular formula is C28H27F3N4O3. The molecule has 2 aliphatic rings. The summed E-state index contributed by atoms with van der Waals surface area (Å²) in [5.41, 5.74) is 4.19. The Morgan fingerprint density at radius 2 is 1.92 bits per heavy atom. The molecule has 0 N–H and O–H groups in total. The third-order valence-corrected chi connectivity index (χ3v) is 7.63. The van der Waals surface area contributed by atoms with Gasteiger partial charge in [0, 0.05) is 42.6 Å². The van der Waals surface area contributed by atoms with Crippen LogP contribution in [0.25, 0.3) is 22.2 Å². The van der Waals surface area contributed by atoms with Crippen LogP contribution >= 0.6 is 0 Å². The summed E-state index contributed by atoms with van der Waals surface area (Å²) in [5, 5.41) is 4.04. The lowest BCUT2D eigenvalue weighted by Crippen LogP contribution is -2.42. The minimum atomic E-state index is -2.74. The van der Waals surface area contributed by atoms with Gasteiger partial charge < -0.3 is 18.7 Å². The first kappa shape index (κ1) is 24.5. The Hall–Kier alpha value is -3.82. The molecule has 4 aromatic rings. The van der Waals surface area contributed by atoms with E-state index in [0.717, 1.165) is 22.3 Å². The van der Waals surface area contributed by atoms with Crippen molar-refractivity contribution in [1.82, 2.24) is 14.7 Å². The molecule has 1 atom stereocenters. The van der Waals surface area contributed by atoms with Gasteiger partial charge in [0.15, 0.2) is 11.6 Å². The van der Waals surface area contributed by atoms with E-state index in [2.05, 4.69) is 5.16 Å². The minimum Gasteiger partial charge on any atom is -0.494 e. The van der Waals surface area contributed by atoms with E-state index in [1.807, 2.05) is 36.6 Å². The van der Waals surface area contributed by atoms with Gasteiger partial charge in [-0.15, -0.1) is 0 Å². The van der Waals surface area contributed by atoms with Gasteiger partial charge in [-0.2, -0.15) is 0 Å². The van der Waals surface area contributed by atoms with Gasteiger partial charge in [0.05, 0.1) is 29.9 Å². The number of piperidine rings is 1. The van der Waals surface area contributed by atoms with Gasteiger partial charge in [-0.3, -0.25) is 4.79 Å². The zero-order valence-corrected chi connectivity index (χ0v) is 21.3. The number of halogens is 3. The van der Waals surface area contributed by atoms with Crippen LogP contribution in [0.1, 0.15) is 61.5 Å². The maximum atomic E-state index is 14.7. The molecule has 1 unspecified atom stereocenters. The third kappa shape index (κ3) is 3.93. The van der Waals surface area contributed by atoms with Gasteiger partial charge in [0.25, 0.3) is 5.92 Å². The molecule has 2 fully saturated rings.